The first-order valence-electron chi connectivity index (χ1n) is 5.58. The molecular weight excluding hydrogens is 268 g/mol. The fourth-order valence-electron chi connectivity index (χ4n) is 2.01. The lowest BCUT2D eigenvalue weighted by Gasteiger charge is -2.28. The zero-order chi connectivity index (χ0) is 11.5. The largest absolute Gasteiger partial charge is 0.508 e. The summed E-state index contributed by atoms with van der Waals surface area (Å²) < 4.78 is 1.07. The van der Waals surface area contributed by atoms with Crippen LogP contribution in [0.4, 0.5) is 0 Å². The number of phenolic OH excluding ortho intramolecular Hbond substituents is 1. The SMILES string of the molecule is Cc1c(Br)ccc(O)c1CN1CCNCC1. The molecule has 2 rings (SSSR count). The van der Waals surface area contributed by atoms with Gasteiger partial charge in [0.1, 0.15) is 5.75 Å². The summed E-state index contributed by atoms with van der Waals surface area (Å²) in [4.78, 5) is 2.37. The molecule has 4 heteroatoms. The third-order valence-electron chi connectivity index (χ3n) is 3.10. The fraction of sp³-hybridized carbons (Fsp3) is 0.500. The maximum atomic E-state index is 9.88. The third kappa shape index (κ3) is 2.56. The molecule has 0 radical (unpaired) electrons. The van der Waals surface area contributed by atoms with Crippen molar-refractivity contribution < 1.29 is 5.11 Å². The average molecular weight is 285 g/mol. The fourth-order valence-corrected chi connectivity index (χ4v) is 2.38. The van der Waals surface area contributed by atoms with E-state index >= 15 is 0 Å². The molecule has 2 N–H and O–H groups in total. The van der Waals surface area contributed by atoms with Crippen LogP contribution in [0.25, 0.3) is 0 Å². The molecular formula is C12H17BrN2O. The van der Waals surface area contributed by atoms with E-state index in [1.165, 1.54) is 0 Å². The molecule has 0 amide bonds. The predicted molar refractivity (Wildman–Crippen MR) is 68.7 cm³/mol. The Bertz CT molecular complexity index is 376. The maximum absolute atomic E-state index is 9.88. The van der Waals surface area contributed by atoms with Crippen molar-refractivity contribution in [3.05, 3.63) is 27.7 Å². The van der Waals surface area contributed by atoms with Gasteiger partial charge in [-0.2, -0.15) is 0 Å². The maximum Gasteiger partial charge on any atom is 0.120 e. The lowest BCUT2D eigenvalue weighted by molar-refractivity contribution is 0.230. The standard InChI is InChI=1S/C12H17BrN2O/c1-9-10(12(16)3-2-11(9)13)8-15-6-4-14-5-7-15/h2-3,14,16H,4-8H2,1H3. The molecule has 0 unspecified atom stereocenters. The highest BCUT2D eigenvalue weighted by Crippen LogP contribution is 2.28. The molecule has 1 saturated heterocycles. The average Bonchev–Trinajstić information content (AvgIpc) is 2.31. The van der Waals surface area contributed by atoms with E-state index in [1.54, 1.807) is 6.07 Å². The van der Waals surface area contributed by atoms with Crippen LogP contribution >= 0.6 is 15.9 Å². The number of rotatable bonds is 2. The van der Waals surface area contributed by atoms with Gasteiger partial charge in [-0.25, -0.2) is 0 Å². The van der Waals surface area contributed by atoms with E-state index in [4.69, 9.17) is 0 Å². The highest BCUT2D eigenvalue weighted by Gasteiger charge is 2.14. The summed E-state index contributed by atoms with van der Waals surface area (Å²) in [6, 6.07) is 3.65. The minimum absolute atomic E-state index is 0.402. The number of piperazine rings is 1. The van der Waals surface area contributed by atoms with Gasteiger partial charge in [0.05, 0.1) is 0 Å². The van der Waals surface area contributed by atoms with Gasteiger partial charge >= 0.3 is 0 Å². The molecule has 1 aromatic rings. The van der Waals surface area contributed by atoms with Gasteiger partial charge < -0.3 is 10.4 Å². The molecule has 1 heterocycles. The Labute approximate surface area is 105 Å². The van der Waals surface area contributed by atoms with Gasteiger partial charge in [0.15, 0.2) is 0 Å². The number of nitrogens with one attached hydrogen (secondary N) is 1. The Morgan fingerprint density at radius 2 is 2.06 bits per heavy atom. The summed E-state index contributed by atoms with van der Waals surface area (Å²) in [6.45, 7) is 7.04. The van der Waals surface area contributed by atoms with Crippen molar-refractivity contribution in [2.75, 3.05) is 26.2 Å². The monoisotopic (exact) mass is 284 g/mol. The van der Waals surface area contributed by atoms with Gasteiger partial charge in [-0.05, 0) is 24.6 Å². The van der Waals surface area contributed by atoms with Crippen LogP contribution in [0.15, 0.2) is 16.6 Å². The van der Waals surface area contributed by atoms with E-state index in [1.807, 2.05) is 13.0 Å². The van der Waals surface area contributed by atoms with Crippen molar-refractivity contribution in [2.45, 2.75) is 13.5 Å². The molecule has 0 bridgehead atoms. The molecule has 1 aliphatic heterocycles. The first-order chi connectivity index (χ1) is 7.68. The zero-order valence-electron chi connectivity index (χ0n) is 9.46. The molecule has 0 saturated carbocycles. The Hall–Kier alpha value is -0.580. The van der Waals surface area contributed by atoms with E-state index in [-0.39, 0.29) is 0 Å². The number of benzene rings is 1. The molecule has 0 atom stereocenters. The number of hydrogen-bond acceptors (Lipinski definition) is 3. The van der Waals surface area contributed by atoms with Gasteiger partial charge in [0.25, 0.3) is 0 Å². The minimum Gasteiger partial charge on any atom is -0.508 e. The second-order valence-electron chi connectivity index (χ2n) is 4.20. The molecule has 0 aliphatic carbocycles. The lowest BCUT2D eigenvalue weighted by Crippen LogP contribution is -2.43. The lowest BCUT2D eigenvalue weighted by atomic mass is 10.1. The van der Waals surface area contributed by atoms with E-state index in [2.05, 4.69) is 26.1 Å². The molecule has 1 aromatic carbocycles. The topological polar surface area (TPSA) is 35.5 Å². The van der Waals surface area contributed by atoms with Crippen molar-refractivity contribution in [1.82, 2.24) is 10.2 Å². The normalized spacial score (nSPS) is 17.6. The van der Waals surface area contributed by atoms with Crippen LogP contribution in [0.3, 0.4) is 0 Å². The highest BCUT2D eigenvalue weighted by molar-refractivity contribution is 9.10. The van der Waals surface area contributed by atoms with Gasteiger partial charge in [-0.3, -0.25) is 4.90 Å². The number of halogens is 1. The van der Waals surface area contributed by atoms with Gasteiger partial charge in [-0.15, -0.1) is 0 Å². The number of nitrogens with zero attached hydrogens (tertiary/aromatic N) is 1. The number of aromatic hydroxyl groups is 1. The van der Waals surface area contributed by atoms with Crippen LogP contribution in [0.1, 0.15) is 11.1 Å². The first-order valence-corrected chi connectivity index (χ1v) is 6.38. The Balaban J connectivity index is 2.16. The predicted octanol–water partition coefficient (Wildman–Crippen LogP) is 1.87. The van der Waals surface area contributed by atoms with Crippen molar-refractivity contribution in [2.24, 2.45) is 0 Å². The van der Waals surface area contributed by atoms with Crippen LogP contribution in [-0.2, 0) is 6.54 Å². The quantitative estimate of drug-likeness (QED) is 0.870. The van der Waals surface area contributed by atoms with Crippen LogP contribution < -0.4 is 5.32 Å². The van der Waals surface area contributed by atoms with Crippen LogP contribution in [-0.4, -0.2) is 36.2 Å². The second-order valence-corrected chi connectivity index (χ2v) is 5.05. The van der Waals surface area contributed by atoms with E-state index < -0.39 is 0 Å². The molecule has 3 nitrogen and oxygen atoms in total. The summed E-state index contributed by atoms with van der Waals surface area (Å²) in [7, 11) is 0. The molecule has 1 aliphatic rings. The summed E-state index contributed by atoms with van der Waals surface area (Å²) in [5.41, 5.74) is 2.18. The van der Waals surface area contributed by atoms with E-state index in [0.29, 0.717) is 5.75 Å². The van der Waals surface area contributed by atoms with Crippen LogP contribution in [0, 0.1) is 6.92 Å². The van der Waals surface area contributed by atoms with E-state index in [0.717, 1.165) is 48.3 Å². The molecule has 1 fully saturated rings. The minimum atomic E-state index is 0.402. The van der Waals surface area contributed by atoms with Gasteiger partial charge in [0, 0.05) is 42.8 Å². The summed E-state index contributed by atoms with van der Waals surface area (Å²) in [5.74, 6) is 0.402. The van der Waals surface area contributed by atoms with Crippen molar-refractivity contribution in [3.8, 4) is 5.75 Å². The number of hydrogen-bond donors (Lipinski definition) is 2. The van der Waals surface area contributed by atoms with E-state index in [9.17, 15) is 5.11 Å². The van der Waals surface area contributed by atoms with Gasteiger partial charge in [-0.1, -0.05) is 15.9 Å². The summed E-state index contributed by atoms with van der Waals surface area (Å²) >= 11 is 3.50. The second kappa shape index (κ2) is 5.17. The van der Waals surface area contributed by atoms with Crippen LogP contribution in [0.2, 0.25) is 0 Å². The van der Waals surface area contributed by atoms with Gasteiger partial charge in [0.2, 0.25) is 0 Å². The molecule has 88 valence electrons. The number of phenols is 1. The zero-order valence-corrected chi connectivity index (χ0v) is 11.0. The Morgan fingerprint density at radius 3 is 2.75 bits per heavy atom. The summed E-state index contributed by atoms with van der Waals surface area (Å²) in [6.07, 6.45) is 0. The smallest absolute Gasteiger partial charge is 0.120 e. The molecule has 0 spiro atoms. The Morgan fingerprint density at radius 1 is 1.38 bits per heavy atom. The molecule has 16 heavy (non-hydrogen) atoms. The van der Waals surface area contributed by atoms with Crippen molar-refractivity contribution in [3.63, 3.8) is 0 Å². The van der Waals surface area contributed by atoms with Crippen LogP contribution in [0.5, 0.6) is 5.75 Å². The Kier molecular flexibility index (Phi) is 3.84. The third-order valence-corrected chi connectivity index (χ3v) is 3.96. The van der Waals surface area contributed by atoms with Crippen molar-refractivity contribution in [1.29, 1.82) is 0 Å². The van der Waals surface area contributed by atoms with Crippen molar-refractivity contribution >= 4 is 15.9 Å². The first kappa shape index (κ1) is 11.9. The molecule has 0 aromatic heterocycles. The highest BCUT2D eigenvalue weighted by atomic mass is 79.9. The summed E-state index contributed by atoms with van der Waals surface area (Å²) in [5, 5.41) is 13.2.